The van der Waals surface area contributed by atoms with Crippen LogP contribution in [0.2, 0.25) is 0 Å². The van der Waals surface area contributed by atoms with Gasteiger partial charge in [0, 0.05) is 31.9 Å². The average Bonchev–Trinajstić information content (AvgIpc) is 2.43. The third-order valence-electron chi connectivity index (χ3n) is 3.51. The Kier molecular flexibility index (Phi) is 5.40. The van der Waals surface area contributed by atoms with Crippen LogP contribution in [-0.4, -0.2) is 67.8 Å². The van der Waals surface area contributed by atoms with Gasteiger partial charge < -0.3 is 4.74 Å². The Labute approximate surface area is 122 Å². The van der Waals surface area contributed by atoms with Gasteiger partial charge >= 0.3 is 6.03 Å². The SMILES string of the molecule is CC(=NCCCN1CCOCC1)C1C(=O)NC(=O)NC1=O. The normalized spacial score (nSPS) is 22.1. The maximum absolute atomic E-state index is 11.6. The monoisotopic (exact) mass is 296 g/mol. The van der Waals surface area contributed by atoms with Gasteiger partial charge in [-0.2, -0.15) is 0 Å². The van der Waals surface area contributed by atoms with Crippen molar-refractivity contribution in [2.75, 3.05) is 39.4 Å². The molecule has 0 aromatic heterocycles. The molecular weight excluding hydrogens is 276 g/mol. The van der Waals surface area contributed by atoms with Crippen molar-refractivity contribution in [2.45, 2.75) is 13.3 Å². The van der Waals surface area contributed by atoms with Crippen LogP contribution in [0.25, 0.3) is 0 Å². The van der Waals surface area contributed by atoms with Crippen LogP contribution in [0.15, 0.2) is 4.99 Å². The lowest BCUT2D eigenvalue weighted by atomic mass is 10.0. The third kappa shape index (κ3) is 4.33. The minimum absolute atomic E-state index is 0.430. The van der Waals surface area contributed by atoms with Crippen molar-refractivity contribution in [3.63, 3.8) is 0 Å². The predicted molar refractivity (Wildman–Crippen MR) is 75.0 cm³/mol. The molecule has 21 heavy (non-hydrogen) atoms. The second-order valence-corrected chi connectivity index (χ2v) is 5.07. The number of urea groups is 1. The molecule has 0 aliphatic carbocycles. The van der Waals surface area contributed by atoms with Gasteiger partial charge in [0.05, 0.1) is 13.2 Å². The molecule has 2 rings (SSSR count). The van der Waals surface area contributed by atoms with Gasteiger partial charge in [-0.3, -0.25) is 30.1 Å². The quantitative estimate of drug-likeness (QED) is 0.391. The van der Waals surface area contributed by atoms with Gasteiger partial charge in [0.25, 0.3) is 0 Å². The van der Waals surface area contributed by atoms with Crippen molar-refractivity contribution in [3.8, 4) is 0 Å². The number of aliphatic imine (C=N–C) groups is 1. The summed E-state index contributed by atoms with van der Waals surface area (Å²) in [7, 11) is 0. The maximum atomic E-state index is 11.6. The van der Waals surface area contributed by atoms with E-state index < -0.39 is 23.8 Å². The van der Waals surface area contributed by atoms with E-state index in [9.17, 15) is 14.4 Å². The van der Waals surface area contributed by atoms with Crippen molar-refractivity contribution in [1.82, 2.24) is 15.5 Å². The van der Waals surface area contributed by atoms with Crippen LogP contribution in [0.5, 0.6) is 0 Å². The Morgan fingerprint density at radius 1 is 1.24 bits per heavy atom. The Morgan fingerprint density at radius 2 is 1.86 bits per heavy atom. The fourth-order valence-electron chi connectivity index (χ4n) is 2.36. The summed E-state index contributed by atoms with van der Waals surface area (Å²) in [6.45, 7) is 6.48. The summed E-state index contributed by atoms with van der Waals surface area (Å²) in [6, 6.07) is -0.777. The first-order valence-electron chi connectivity index (χ1n) is 7.04. The molecule has 2 heterocycles. The number of amides is 4. The van der Waals surface area contributed by atoms with Gasteiger partial charge in [0.15, 0.2) is 5.92 Å². The number of ether oxygens (including phenoxy) is 1. The molecule has 8 heteroatoms. The highest BCUT2D eigenvalue weighted by molar-refractivity contribution is 6.27. The molecule has 2 saturated heterocycles. The Balaban J connectivity index is 1.78. The van der Waals surface area contributed by atoms with Crippen LogP contribution >= 0.6 is 0 Å². The standard InChI is InChI=1S/C13H20N4O4/c1-9(10-11(18)15-13(20)16-12(10)19)14-3-2-4-17-5-7-21-8-6-17/h10H,2-8H2,1H3,(H2,15,16,18,19,20). The molecule has 2 N–H and O–H groups in total. The number of barbiturate groups is 1. The molecule has 8 nitrogen and oxygen atoms in total. The Morgan fingerprint density at radius 3 is 2.48 bits per heavy atom. The summed E-state index contributed by atoms with van der Waals surface area (Å²) in [5.74, 6) is -2.23. The van der Waals surface area contributed by atoms with Crippen molar-refractivity contribution in [1.29, 1.82) is 0 Å². The second kappa shape index (κ2) is 7.28. The largest absolute Gasteiger partial charge is 0.379 e. The first-order chi connectivity index (χ1) is 10.1. The highest BCUT2D eigenvalue weighted by Crippen LogP contribution is 2.06. The lowest BCUT2D eigenvalue weighted by Gasteiger charge is -2.26. The summed E-state index contributed by atoms with van der Waals surface area (Å²) < 4.78 is 5.27. The van der Waals surface area contributed by atoms with E-state index in [2.05, 4.69) is 20.5 Å². The molecule has 2 fully saturated rings. The van der Waals surface area contributed by atoms with E-state index in [0.717, 1.165) is 39.3 Å². The van der Waals surface area contributed by atoms with E-state index in [1.54, 1.807) is 6.92 Å². The molecule has 0 bridgehead atoms. The van der Waals surface area contributed by atoms with E-state index >= 15 is 0 Å². The number of rotatable bonds is 5. The number of nitrogens with one attached hydrogen (secondary N) is 2. The van der Waals surface area contributed by atoms with Crippen molar-refractivity contribution >= 4 is 23.6 Å². The maximum Gasteiger partial charge on any atom is 0.328 e. The van der Waals surface area contributed by atoms with Gasteiger partial charge in [-0.25, -0.2) is 4.79 Å². The van der Waals surface area contributed by atoms with Crippen LogP contribution < -0.4 is 10.6 Å². The predicted octanol–water partition coefficient (Wildman–Crippen LogP) is -0.848. The molecular formula is C13H20N4O4. The summed E-state index contributed by atoms with van der Waals surface area (Å²) >= 11 is 0. The topological polar surface area (TPSA) is 100 Å². The van der Waals surface area contributed by atoms with E-state index in [1.807, 2.05) is 0 Å². The molecule has 0 aromatic carbocycles. The number of morpholine rings is 1. The van der Waals surface area contributed by atoms with Crippen LogP contribution in [0.3, 0.4) is 0 Å². The zero-order chi connectivity index (χ0) is 15.2. The van der Waals surface area contributed by atoms with Crippen molar-refractivity contribution in [2.24, 2.45) is 10.9 Å². The summed E-state index contributed by atoms with van der Waals surface area (Å²) in [4.78, 5) is 40.8. The minimum atomic E-state index is -1.01. The molecule has 4 amide bonds. The number of nitrogens with zero attached hydrogens (tertiary/aromatic N) is 2. The Bertz CT molecular complexity index is 437. The van der Waals surface area contributed by atoms with Gasteiger partial charge in [-0.05, 0) is 13.3 Å². The van der Waals surface area contributed by atoms with Crippen LogP contribution in [0, 0.1) is 5.92 Å². The lowest BCUT2D eigenvalue weighted by Crippen LogP contribution is -2.57. The number of carbonyl (C=O) groups is 3. The minimum Gasteiger partial charge on any atom is -0.379 e. The summed E-state index contributed by atoms with van der Waals surface area (Å²) in [5.41, 5.74) is 0.430. The molecule has 0 saturated carbocycles. The molecule has 2 aliphatic heterocycles. The molecule has 0 unspecified atom stereocenters. The van der Waals surface area contributed by atoms with Gasteiger partial charge in [0.2, 0.25) is 11.8 Å². The first-order valence-corrected chi connectivity index (χ1v) is 7.04. The van der Waals surface area contributed by atoms with E-state index in [4.69, 9.17) is 4.74 Å². The molecule has 116 valence electrons. The van der Waals surface area contributed by atoms with Crippen LogP contribution in [0.4, 0.5) is 4.79 Å². The van der Waals surface area contributed by atoms with Gasteiger partial charge in [0.1, 0.15) is 0 Å². The fraction of sp³-hybridized carbons (Fsp3) is 0.692. The highest BCUT2D eigenvalue weighted by atomic mass is 16.5. The zero-order valence-electron chi connectivity index (χ0n) is 12.1. The van der Waals surface area contributed by atoms with Gasteiger partial charge in [-0.1, -0.05) is 0 Å². The second-order valence-electron chi connectivity index (χ2n) is 5.07. The van der Waals surface area contributed by atoms with E-state index in [0.29, 0.717) is 12.3 Å². The molecule has 0 spiro atoms. The average molecular weight is 296 g/mol. The molecule has 2 aliphatic rings. The number of imide groups is 2. The molecule has 0 atom stereocenters. The number of hydrogen-bond acceptors (Lipinski definition) is 6. The third-order valence-corrected chi connectivity index (χ3v) is 3.51. The van der Waals surface area contributed by atoms with Crippen molar-refractivity contribution < 1.29 is 19.1 Å². The van der Waals surface area contributed by atoms with Gasteiger partial charge in [-0.15, -0.1) is 0 Å². The van der Waals surface area contributed by atoms with E-state index in [1.165, 1.54) is 0 Å². The lowest BCUT2D eigenvalue weighted by molar-refractivity contribution is -0.132. The van der Waals surface area contributed by atoms with Crippen molar-refractivity contribution in [3.05, 3.63) is 0 Å². The highest BCUT2D eigenvalue weighted by Gasteiger charge is 2.36. The summed E-state index contributed by atoms with van der Waals surface area (Å²) in [6.07, 6.45) is 0.853. The fourth-order valence-corrected chi connectivity index (χ4v) is 2.36. The van der Waals surface area contributed by atoms with Crippen LogP contribution in [0.1, 0.15) is 13.3 Å². The van der Waals surface area contributed by atoms with E-state index in [-0.39, 0.29) is 0 Å². The smallest absolute Gasteiger partial charge is 0.328 e. The van der Waals surface area contributed by atoms with Crippen LogP contribution in [-0.2, 0) is 14.3 Å². The molecule has 0 aromatic rings. The summed E-state index contributed by atoms with van der Waals surface area (Å²) in [5, 5.41) is 4.14. The molecule has 0 radical (unpaired) electrons. The number of carbonyl (C=O) groups excluding carboxylic acids is 3. The first kappa shape index (κ1) is 15.6. The number of hydrogen-bond donors (Lipinski definition) is 2. The Hall–Kier alpha value is -1.80. The zero-order valence-corrected chi connectivity index (χ0v) is 12.1.